The monoisotopic (exact) mass is 175 g/mol. The lowest BCUT2D eigenvalue weighted by Crippen LogP contribution is -2.05. The van der Waals surface area contributed by atoms with Gasteiger partial charge in [0.2, 0.25) is 0 Å². The van der Waals surface area contributed by atoms with Gasteiger partial charge in [-0.3, -0.25) is 4.79 Å². The molecular formula is C7H5N5O. The Morgan fingerprint density at radius 3 is 3.15 bits per heavy atom. The lowest BCUT2D eigenvalue weighted by Gasteiger charge is -1.96. The van der Waals surface area contributed by atoms with E-state index in [1.807, 2.05) is 0 Å². The Bertz CT molecular complexity index is 503. The van der Waals surface area contributed by atoms with Crippen molar-refractivity contribution in [3.05, 3.63) is 17.7 Å². The molecule has 64 valence electrons. The first-order chi connectivity index (χ1) is 6.36. The summed E-state index contributed by atoms with van der Waals surface area (Å²) in [5.41, 5.74) is 1.27. The summed E-state index contributed by atoms with van der Waals surface area (Å²) in [7, 11) is 0. The van der Waals surface area contributed by atoms with Crippen LogP contribution in [0.3, 0.4) is 0 Å². The second kappa shape index (κ2) is 2.09. The van der Waals surface area contributed by atoms with Gasteiger partial charge in [0.25, 0.3) is 5.78 Å². The van der Waals surface area contributed by atoms with Crippen molar-refractivity contribution in [1.29, 1.82) is 0 Å². The lowest BCUT2D eigenvalue weighted by atomic mass is 10.3. The minimum Gasteiger partial charge on any atom is -0.292 e. The number of nitrogens with zero attached hydrogens (tertiary/aromatic N) is 5. The Morgan fingerprint density at radius 1 is 1.31 bits per heavy atom. The van der Waals surface area contributed by atoms with Crippen LogP contribution in [0.15, 0.2) is 6.33 Å². The number of aryl methyl sites for hydroxylation is 1. The van der Waals surface area contributed by atoms with E-state index in [0.29, 0.717) is 24.3 Å². The summed E-state index contributed by atoms with van der Waals surface area (Å²) < 4.78 is 1.58. The highest BCUT2D eigenvalue weighted by Gasteiger charge is 2.25. The number of rotatable bonds is 0. The molecule has 6 heteroatoms. The second-order valence-electron chi connectivity index (χ2n) is 2.89. The van der Waals surface area contributed by atoms with Gasteiger partial charge in [0.1, 0.15) is 6.33 Å². The van der Waals surface area contributed by atoms with Gasteiger partial charge in [0.05, 0.1) is 5.69 Å². The average Bonchev–Trinajstić information content (AvgIpc) is 2.70. The van der Waals surface area contributed by atoms with Crippen molar-refractivity contribution >= 4 is 11.6 Å². The second-order valence-corrected chi connectivity index (χ2v) is 2.89. The maximum absolute atomic E-state index is 11.3. The zero-order valence-electron chi connectivity index (χ0n) is 6.64. The third-order valence-electron chi connectivity index (χ3n) is 2.15. The predicted octanol–water partition coefficient (Wildman–Crippen LogP) is -0.352. The molecular weight excluding hydrogens is 170 g/mol. The van der Waals surface area contributed by atoms with Crippen LogP contribution in [-0.2, 0) is 6.42 Å². The predicted molar refractivity (Wildman–Crippen MR) is 41.2 cm³/mol. The standard InChI is InChI=1S/C7H5N5O/c13-5-2-1-4-6(5)10-11-7-8-3-9-12(4)7/h3H,1-2H2. The van der Waals surface area contributed by atoms with Crippen molar-refractivity contribution in [2.24, 2.45) is 0 Å². The Morgan fingerprint density at radius 2 is 2.23 bits per heavy atom. The Balaban J connectivity index is 2.45. The molecule has 1 aliphatic rings. The van der Waals surface area contributed by atoms with Crippen molar-refractivity contribution in [3.8, 4) is 0 Å². The van der Waals surface area contributed by atoms with Gasteiger partial charge in [-0.2, -0.15) is 14.6 Å². The highest BCUT2D eigenvalue weighted by Crippen LogP contribution is 2.18. The van der Waals surface area contributed by atoms with E-state index in [4.69, 9.17) is 0 Å². The SMILES string of the molecule is O=C1CCc2c1nnc1ncnn21. The van der Waals surface area contributed by atoms with Gasteiger partial charge >= 0.3 is 0 Å². The smallest absolute Gasteiger partial charge is 0.271 e. The van der Waals surface area contributed by atoms with Crippen LogP contribution < -0.4 is 0 Å². The first kappa shape index (κ1) is 6.64. The molecule has 2 aromatic heterocycles. The molecule has 0 saturated heterocycles. The molecule has 0 amide bonds. The number of hydrogen-bond donors (Lipinski definition) is 0. The minimum atomic E-state index is 0.0416. The van der Waals surface area contributed by atoms with Crippen molar-refractivity contribution < 1.29 is 4.79 Å². The summed E-state index contributed by atoms with van der Waals surface area (Å²) in [6.07, 6.45) is 2.60. The van der Waals surface area contributed by atoms with Crippen molar-refractivity contribution in [2.75, 3.05) is 0 Å². The third kappa shape index (κ3) is 0.742. The average molecular weight is 175 g/mol. The van der Waals surface area contributed by atoms with E-state index in [-0.39, 0.29) is 5.78 Å². The van der Waals surface area contributed by atoms with Crippen LogP contribution in [-0.4, -0.2) is 30.6 Å². The number of hydrogen-bond acceptors (Lipinski definition) is 5. The highest BCUT2D eigenvalue weighted by molar-refractivity contribution is 5.97. The van der Waals surface area contributed by atoms with Crippen LogP contribution in [0.5, 0.6) is 0 Å². The van der Waals surface area contributed by atoms with Crippen molar-refractivity contribution in [2.45, 2.75) is 12.8 Å². The van der Waals surface area contributed by atoms with E-state index in [1.54, 1.807) is 4.52 Å². The maximum atomic E-state index is 11.3. The van der Waals surface area contributed by atoms with Crippen LogP contribution in [0.4, 0.5) is 0 Å². The van der Waals surface area contributed by atoms with Gasteiger partial charge < -0.3 is 0 Å². The van der Waals surface area contributed by atoms with Crippen LogP contribution in [0.1, 0.15) is 22.6 Å². The van der Waals surface area contributed by atoms with Gasteiger partial charge in [0, 0.05) is 6.42 Å². The zero-order valence-corrected chi connectivity index (χ0v) is 6.64. The normalized spacial score (nSPS) is 15.2. The molecule has 3 rings (SSSR count). The van der Waals surface area contributed by atoms with Crippen LogP contribution in [0, 0.1) is 0 Å². The summed E-state index contributed by atoms with van der Waals surface area (Å²) in [4.78, 5) is 15.2. The topological polar surface area (TPSA) is 73.0 Å². The molecule has 0 N–H and O–H groups in total. The Kier molecular flexibility index (Phi) is 1.07. The largest absolute Gasteiger partial charge is 0.292 e. The van der Waals surface area contributed by atoms with Gasteiger partial charge in [-0.1, -0.05) is 0 Å². The molecule has 0 atom stereocenters. The van der Waals surface area contributed by atoms with Gasteiger partial charge in [0.15, 0.2) is 11.5 Å². The van der Waals surface area contributed by atoms with Gasteiger partial charge in [-0.15, -0.1) is 10.2 Å². The first-order valence-corrected chi connectivity index (χ1v) is 3.95. The molecule has 0 radical (unpaired) electrons. The van der Waals surface area contributed by atoms with Crippen LogP contribution in [0.25, 0.3) is 5.78 Å². The number of ketones is 1. The van der Waals surface area contributed by atoms with E-state index < -0.39 is 0 Å². The van der Waals surface area contributed by atoms with E-state index in [9.17, 15) is 4.79 Å². The maximum Gasteiger partial charge on any atom is 0.271 e. The molecule has 0 unspecified atom stereocenters. The molecule has 2 aromatic rings. The fourth-order valence-electron chi connectivity index (χ4n) is 1.54. The summed E-state index contributed by atoms with van der Waals surface area (Å²) in [6, 6.07) is 0. The summed E-state index contributed by atoms with van der Waals surface area (Å²) in [5.74, 6) is 0.494. The Labute approximate surface area is 72.6 Å². The molecule has 2 heterocycles. The molecule has 0 bridgehead atoms. The van der Waals surface area contributed by atoms with E-state index in [2.05, 4.69) is 20.3 Å². The van der Waals surface area contributed by atoms with E-state index in [1.165, 1.54) is 6.33 Å². The van der Waals surface area contributed by atoms with E-state index >= 15 is 0 Å². The van der Waals surface area contributed by atoms with Gasteiger partial charge in [-0.25, -0.2) is 0 Å². The fourth-order valence-corrected chi connectivity index (χ4v) is 1.54. The van der Waals surface area contributed by atoms with Crippen molar-refractivity contribution in [1.82, 2.24) is 24.8 Å². The molecule has 13 heavy (non-hydrogen) atoms. The molecule has 0 fully saturated rings. The number of aromatic nitrogens is 5. The first-order valence-electron chi connectivity index (χ1n) is 3.95. The van der Waals surface area contributed by atoms with Crippen LogP contribution in [0.2, 0.25) is 0 Å². The molecule has 6 nitrogen and oxygen atoms in total. The van der Waals surface area contributed by atoms with Crippen LogP contribution >= 0.6 is 0 Å². The van der Waals surface area contributed by atoms with Gasteiger partial charge in [-0.05, 0) is 6.42 Å². The van der Waals surface area contributed by atoms with Crippen molar-refractivity contribution in [3.63, 3.8) is 0 Å². The molecule has 1 aliphatic carbocycles. The number of Topliss-reactive ketones (excluding diaryl/α,β-unsaturated/α-hetero) is 1. The molecule has 0 spiro atoms. The number of carbonyl (C=O) groups is 1. The number of carbonyl (C=O) groups excluding carboxylic acids is 1. The summed E-state index contributed by atoms with van der Waals surface area (Å²) in [6.45, 7) is 0. The summed E-state index contributed by atoms with van der Waals surface area (Å²) >= 11 is 0. The molecule has 0 aromatic carbocycles. The number of fused-ring (bicyclic) bond motifs is 3. The third-order valence-corrected chi connectivity index (χ3v) is 2.15. The zero-order chi connectivity index (χ0) is 8.84. The highest BCUT2D eigenvalue weighted by atomic mass is 16.1. The Hall–Kier alpha value is -1.85. The minimum absolute atomic E-state index is 0.0416. The lowest BCUT2D eigenvalue weighted by molar-refractivity contribution is 0.0989. The summed E-state index contributed by atoms with van der Waals surface area (Å²) in [5, 5.41) is 11.6. The molecule has 0 saturated carbocycles. The fraction of sp³-hybridized carbons (Fsp3) is 0.286. The molecule has 0 aliphatic heterocycles. The quantitative estimate of drug-likeness (QED) is 0.547. The van der Waals surface area contributed by atoms with E-state index in [0.717, 1.165) is 5.69 Å².